The summed E-state index contributed by atoms with van der Waals surface area (Å²) in [5.41, 5.74) is -1.36. The minimum Gasteiger partial charge on any atom is -0.491 e. The molecule has 2 aromatic carbocycles. The Hall–Kier alpha value is -3.37. The largest absolute Gasteiger partial charge is 0.491 e. The summed E-state index contributed by atoms with van der Waals surface area (Å²) in [4.78, 5) is 7.88. The number of nitrogens with zero attached hydrogens (tertiary/aromatic N) is 3. The maximum absolute atomic E-state index is 14.5. The number of alkyl halides is 3. The lowest BCUT2D eigenvalue weighted by Gasteiger charge is -2.47. The zero-order valence-electron chi connectivity index (χ0n) is 17.9. The Morgan fingerprint density at radius 3 is 2.47 bits per heavy atom. The van der Waals surface area contributed by atoms with E-state index in [9.17, 15) is 13.2 Å². The van der Waals surface area contributed by atoms with Gasteiger partial charge < -0.3 is 18.8 Å². The Bertz CT molecular complexity index is 1240. The van der Waals surface area contributed by atoms with Gasteiger partial charge in [0.2, 0.25) is 0 Å². The van der Waals surface area contributed by atoms with Gasteiger partial charge >= 0.3 is 6.18 Å². The molecule has 1 aromatic heterocycles. The van der Waals surface area contributed by atoms with Crippen LogP contribution >= 0.6 is 0 Å². The van der Waals surface area contributed by atoms with Crippen LogP contribution in [-0.2, 0) is 15.8 Å². The van der Waals surface area contributed by atoms with Crippen molar-refractivity contribution in [3.8, 4) is 17.0 Å². The van der Waals surface area contributed by atoms with E-state index in [0.717, 1.165) is 5.56 Å². The van der Waals surface area contributed by atoms with Crippen LogP contribution in [0.2, 0.25) is 0 Å². The van der Waals surface area contributed by atoms with Crippen molar-refractivity contribution in [2.75, 3.05) is 32.9 Å². The highest BCUT2D eigenvalue weighted by Crippen LogP contribution is 2.51. The number of morpholine rings is 1. The lowest BCUT2D eigenvalue weighted by Crippen LogP contribution is -2.64. The lowest BCUT2D eigenvalue weighted by atomic mass is 9.78. The molecule has 0 amide bonds. The summed E-state index contributed by atoms with van der Waals surface area (Å²) in [6, 6.07) is 15.5. The highest BCUT2D eigenvalue weighted by Gasteiger charge is 2.61. The van der Waals surface area contributed by atoms with E-state index in [1.165, 1.54) is 0 Å². The summed E-state index contributed by atoms with van der Waals surface area (Å²) in [6.07, 6.45) is -5.40. The quantitative estimate of drug-likeness (QED) is 0.568. The van der Waals surface area contributed by atoms with Gasteiger partial charge in [-0.25, -0.2) is 0 Å². The van der Waals surface area contributed by atoms with Crippen LogP contribution in [0.1, 0.15) is 23.0 Å². The third kappa shape index (κ3) is 3.13. The van der Waals surface area contributed by atoms with Gasteiger partial charge in [0, 0.05) is 24.2 Å². The summed E-state index contributed by atoms with van der Waals surface area (Å²) >= 11 is 0. The first-order valence-corrected chi connectivity index (χ1v) is 10.9. The predicted molar refractivity (Wildman–Crippen MR) is 114 cm³/mol. The molecular weight excluding hydrogens is 451 g/mol. The number of halogens is 3. The molecule has 34 heavy (non-hydrogen) atoms. The van der Waals surface area contributed by atoms with Crippen LogP contribution < -0.4 is 4.74 Å². The number of benzene rings is 2. The Kier molecular flexibility index (Phi) is 4.89. The Labute approximate surface area is 192 Å². The van der Waals surface area contributed by atoms with Crippen LogP contribution in [0.5, 0.6) is 5.75 Å². The molecule has 0 spiro atoms. The van der Waals surface area contributed by atoms with Crippen molar-refractivity contribution in [3.05, 3.63) is 71.5 Å². The molecule has 0 saturated carbocycles. The second-order valence-corrected chi connectivity index (χ2v) is 8.37. The first-order chi connectivity index (χ1) is 16.5. The minimum absolute atomic E-state index is 0.0240. The van der Waals surface area contributed by atoms with Crippen LogP contribution in [0.25, 0.3) is 11.3 Å². The molecule has 1 saturated heterocycles. The van der Waals surface area contributed by atoms with Crippen molar-refractivity contribution in [1.29, 1.82) is 0 Å². The molecule has 10 heteroatoms. The summed E-state index contributed by atoms with van der Waals surface area (Å²) in [7, 11) is 0. The number of para-hydroxylation sites is 1. The first-order valence-electron chi connectivity index (χ1n) is 10.9. The third-order valence-corrected chi connectivity index (χ3v) is 6.56. The maximum atomic E-state index is 14.5. The topological polar surface area (TPSA) is 69.3 Å². The van der Waals surface area contributed by atoms with E-state index in [4.69, 9.17) is 18.8 Å². The van der Waals surface area contributed by atoms with Gasteiger partial charge in [-0.1, -0.05) is 58.8 Å². The Morgan fingerprint density at radius 1 is 0.971 bits per heavy atom. The van der Waals surface area contributed by atoms with Gasteiger partial charge in [-0.05, 0) is 6.07 Å². The van der Waals surface area contributed by atoms with Gasteiger partial charge in [0.25, 0.3) is 0 Å². The van der Waals surface area contributed by atoms with Crippen LogP contribution in [0.15, 0.2) is 64.3 Å². The van der Waals surface area contributed by atoms with Gasteiger partial charge in [0.05, 0.1) is 13.2 Å². The van der Waals surface area contributed by atoms with Crippen LogP contribution in [-0.4, -0.2) is 54.2 Å². The van der Waals surface area contributed by atoms with E-state index in [1.807, 2.05) is 29.2 Å². The molecule has 0 aliphatic carbocycles. The molecule has 176 valence electrons. The second kappa shape index (κ2) is 7.85. The van der Waals surface area contributed by atoms with Gasteiger partial charge in [-0.3, -0.25) is 4.90 Å². The van der Waals surface area contributed by atoms with Crippen molar-refractivity contribution >= 4 is 5.71 Å². The average molecular weight is 471 g/mol. The fourth-order valence-electron chi connectivity index (χ4n) is 4.99. The average Bonchev–Trinajstić information content (AvgIpc) is 3.48. The molecule has 6 rings (SSSR count). The van der Waals surface area contributed by atoms with E-state index in [2.05, 4.69) is 10.3 Å². The molecule has 3 aliphatic rings. The molecule has 2 atom stereocenters. The predicted octanol–water partition coefficient (Wildman–Crippen LogP) is 4.30. The number of hydrogen-bond donors (Lipinski definition) is 0. The number of oxime groups is 1. The molecule has 0 radical (unpaired) electrons. The zero-order chi connectivity index (χ0) is 23.3. The highest BCUT2D eigenvalue weighted by molar-refractivity contribution is 6.09. The summed E-state index contributed by atoms with van der Waals surface area (Å²) in [5, 5.41) is 8.04. The third-order valence-electron chi connectivity index (χ3n) is 6.56. The van der Waals surface area contributed by atoms with E-state index >= 15 is 0 Å². The number of rotatable bonds is 3. The van der Waals surface area contributed by atoms with E-state index in [0.29, 0.717) is 37.6 Å². The van der Waals surface area contributed by atoms with Crippen LogP contribution in [0.3, 0.4) is 0 Å². The number of ether oxygens (including phenoxy) is 2. The van der Waals surface area contributed by atoms with Crippen molar-refractivity contribution in [2.45, 2.75) is 17.8 Å². The van der Waals surface area contributed by atoms with Gasteiger partial charge in [-0.2, -0.15) is 13.2 Å². The fraction of sp³-hybridized carbons (Fsp3) is 0.333. The molecule has 0 bridgehead atoms. The highest BCUT2D eigenvalue weighted by atomic mass is 19.4. The standard InChI is InChI=1S/C24H20F3N3O4/c25-24(26,27)18-19(15-6-2-1-3-7-15)28-33-20(18)21-23(30-10-12-31-13-11-30)14-32-17-9-5-4-8-16(17)22(23)34-29-21/h1-9,22H,10-14H2. The SMILES string of the molecule is FC(F)(F)c1c(-c2ccccc2)noc1C1=NOC2c3ccccc3OCC12N1CCOCC1. The van der Waals surface area contributed by atoms with E-state index in [1.54, 1.807) is 30.3 Å². The fourth-order valence-corrected chi connectivity index (χ4v) is 4.99. The van der Waals surface area contributed by atoms with Crippen LogP contribution in [0.4, 0.5) is 13.2 Å². The normalized spacial score (nSPS) is 24.6. The van der Waals surface area contributed by atoms with Crippen molar-refractivity contribution in [3.63, 3.8) is 0 Å². The number of hydrogen-bond acceptors (Lipinski definition) is 7. The molecule has 3 aliphatic heterocycles. The minimum atomic E-state index is -4.74. The Morgan fingerprint density at radius 2 is 1.71 bits per heavy atom. The summed E-state index contributed by atoms with van der Waals surface area (Å²) in [6.45, 7) is 1.87. The molecule has 1 fully saturated rings. The molecule has 0 N–H and O–H groups in total. The number of fused-ring (bicyclic) bond motifs is 3. The first kappa shape index (κ1) is 21.2. The maximum Gasteiger partial charge on any atom is 0.422 e. The van der Waals surface area contributed by atoms with Gasteiger partial charge in [0.1, 0.15) is 29.2 Å². The van der Waals surface area contributed by atoms with Gasteiger partial charge in [0.15, 0.2) is 17.6 Å². The molecule has 7 nitrogen and oxygen atoms in total. The second-order valence-electron chi connectivity index (χ2n) is 8.37. The van der Waals surface area contributed by atoms with Crippen molar-refractivity contribution < 1.29 is 32.0 Å². The molecular formula is C24H20F3N3O4. The molecule has 3 aromatic rings. The smallest absolute Gasteiger partial charge is 0.422 e. The zero-order valence-corrected chi connectivity index (χ0v) is 17.9. The lowest BCUT2D eigenvalue weighted by molar-refractivity contribution is -0.137. The van der Waals surface area contributed by atoms with E-state index in [-0.39, 0.29) is 18.0 Å². The monoisotopic (exact) mass is 471 g/mol. The summed E-state index contributed by atoms with van der Waals surface area (Å²) < 4.78 is 60.4. The van der Waals surface area contributed by atoms with E-state index < -0.39 is 29.1 Å². The van der Waals surface area contributed by atoms with Crippen molar-refractivity contribution in [1.82, 2.24) is 10.1 Å². The molecule has 2 unspecified atom stereocenters. The van der Waals surface area contributed by atoms with Crippen molar-refractivity contribution in [2.24, 2.45) is 5.16 Å². The molecule has 4 heterocycles. The summed E-state index contributed by atoms with van der Waals surface area (Å²) in [5.74, 6) is 0.162. The Balaban J connectivity index is 1.53. The van der Waals surface area contributed by atoms with Gasteiger partial charge in [-0.15, -0.1) is 0 Å². The van der Waals surface area contributed by atoms with Crippen LogP contribution in [0, 0.1) is 0 Å². The number of aromatic nitrogens is 1.